The van der Waals surface area contributed by atoms with Crippen molar-refractivity contribution in [2.75, 3.05) is 6.54 Å². The Labute approximate surface area is 118 Å². The van der Waals surface area contributed by atoms with Gasteiger partial charge in [0.1, 0.15) is 0 Å². The molecule has 0 aromatic rings. The van der Waals surface area contributed by atoms with Crippen molar-refractivity contribution in [3.8, 4) is 0 Å². The van der Waals surface area contributed by atoms with E-state index in [0.29, 0.717) is 6.42 Å². The average Bonchev–Trinajstić information content (AvgIpc) is 2.40. The summed E-state index contributed by atoms with van der Waals surface area (Å²) in [4.78, 5) is 0. The van der Waals surface area contributed by atoms with Gasteiger partial charge in [0.15, 0.2) is 0 Å². The summed E-state index contributed by atoms with van der Waals surface area (Å²) in [6, 6.07) is 0. The number of nitrogens with two attached hydrogens (primary N) is 1. The topological polar surface area (TPSA) is 26.0 Å². The molecule has 0 radical (unpaired) electrons. The molecule has 0 unspecified atom stereocenters. The van der Waals surface area contributed by atoms with Gasteiger partial charge in [0.05, 0.1) is 6.54 Å². The van der Waals surface area contributed by atoms with E-state index in [1.165, 1.54) is 57.8 Å². The number of hydrogen-bond donors (Lipinski definition) is 1. The van der Waals surface area contributed by atoms with Gasteiger partial charge in [-0.25, -0.2) is 8.78 Å². The second kappa shape index (κ2) is 12.8. The Morgan fingerprint density at radius 3 is 1.42 bits per heavy atom. The zero-order chi connectivity index (χ0) is 14.4. The molecule has 1 nitrogen and oxygen atoms in total. The van der Waals surface area contributed by atoms with E-state index in [2.05, 4.69) is 6.92 Å². The summed E-state index contributed by atoms with van der Waals surface area (Å²) in [5, 5.41) is 0. The molecule has 0 saturated carbocycles. The van der Waals surface area contributed by atoms with Gasteiger partial charge in [-0.1, -0.05) is 77.6 Å². The van der Waals surface area contributed by atoms with Crippen LogP contribution in [0.5, 0.6) is 0 Å². The molecule has 0 amide bonds. The van der Waals surface area contributed by atoms with Crippen LogP contribution in [-0.4, -0.2) is 12.5 Å². The molecule has 0 aromatic carbocycles. The van der Waals surface area contributed by atoms with Gasteiger partial charge in [0.25, 0.3) is 5.92 Å². The lowest BCUT2D eigenvalue weighted by atomic mass is 10.0. The van der Waals surface area contributed by atoms with E-state index >= 15 is 0 Å². The van der Waals surface area contributed by atoms with Crippen molar-refractivity contribution >= 4 is 0 Å². The van der Waals surface area contributed by atoms with Gasteiger partial charge >= 0.3 is 0 Å². The van der Waals surface area contributed by atoms with Crippen LogP contribution in [0.3, 0.4) is 0 Å². The average molecular weight is 277 g/mol. The Bertz CT molecular complexity index is 184. The van der Waals surface area contributed by atoms with Gasteiger partial charge in [-0.3, -0.25) is 0 Å². The molecule has 0 aliphatic carbocycles. The normalized spacial score (nSPS) is 12.0. The quantitative estimate of drug-likeness (QED) is 0.407. The first-order chi connectivity index (χ1) is 9.12. The molecule has 0 aliphatic heterocycles. The number of halogens is 2. The highest BCUT2D eigenvalue weighted by molar-refractivity contribution is 4.66. The maximum atomic E-state index is 12.8. The van der Waals surface area contributed by atoms with Crippen LogP contribution in [0.15, 0.2) is 0 Å². The zero-order valence-corrected chi connectivity index (χ0v) is 12.7. The van der Waals surface area contributed by atoms with Crippen molar-refractivity contribution in [1.82, 2.24) is 0 Å². The lowest BCUT2D eigenvalue weighted by Crippen LogP contribution is -2.27. The molecular weight excluding hydrogens is 244 g/mol. The number of hydrogen-bond acceptors (Lipinski definition) is 1. The van der Waals surface area contributed by atoms with Crippen LogP contribution in [-0.2, 0) is 0 Å². The molecular formula is C16H33F2N. The van der Waals surface area contributed by atoms with E-state index in [4.69, 9.17) is 5.73 Å². The summed E-state index contributed by atoms with van der Waals surface area (Å²) in [6.45, 7) is 1.73. The molecule has 0 heterocycles. The molecule has 0 fully saturated rings. The minimum absolute atomic E-state index is 0.0407. The predicted octanol–water partition coefficient (Wildman–Crippen LogP) is 5.67. The Balaban J connectivity index is 3.07. The van der Waals surface area contributed by atoms with Gasteiger partial charge in [-0.05, 0) is 6.42 Å². The van der Waals surface area contributed by atoms with Gasteiger partial charge in [0, 0.05) is 6.42 Å². The lowest BCUT2D eigenvalue weighted by molar-refractivity contribution is -0.000350. The van der Waals surface area contributed by atoms with Crippen molar-refractivity contribution < 1.29 is 8.78 Å². The van der Waals surface area contributed by atoms with E-state index in [9.17, 15) is 8.78 Å². The van der Waals surface area contributed by atoms with E-state index < -0.39 is 12.5 Å². The van der Waals surface area contributed by atoms with Gasteiger partial charge in [-0.2, -0.15) is 0 Å². The first-order valence-corrected chi connectivity index (χ1v) is 8.20. The highest BCUT2D eigenvalue weighted by Gasteiger charge is 2.25. The Kier molecular flexibility index (Phi) is 12.7. The highest BCUT2D eigenvalue weighted by Crippen LogP contribution is 2.20. The summed E-state index contributed by atoms with van der Waals surface area (Å²) in [6.07, 6.45) is 14.5. The second-order valence-electron chi connectivity index (χ2n) is 5.70. The Morgan fingerprint density at radius 1 is 0.684 bits per heavy atom. The summed E-state index contributed by atoms with van der Waals surface area (Å²) in [5.74, 6) is -2.64. The molecule has 0 rings (SSSR count). The van der Waals surface area contributed by atoms with Crippen molar-refractivity contribution in [2.24, 2.45) is 5.73 Å². The maximum absolute atomic E-state index is 12.8. The van der Waals surface area contributed by atoms with Gasteiger partial charge in [-0.15, -0.1) is 0 Å². The SMILES string of the molecule is CCCCCCCCCCCCCCC(F)(F)CN. The number of rotatable bonds is 14. The van der Waals surface area contributed by atoms with Crippen LogP contribution in [0, 0.1) is 0 Å². The minimum atomic E-state index is -2.64. The summed E-state index contributed by atoms with van der Waals surface area (Å²) in [5.41, 5.74) is 5.00. The third kappa shape index (κ3) is 14.0. The third-order valence-corrected chi connectivity index (χ3v) is 3.69. The first-order valence-electron chi connectivity index (χ1n) is 8.20. The molecule has 0 saturated heterocycles. The highest BCUT2D eigenvalue weighted by atomic mass is 19.3. The molecule has 19 heavy (non-hydrogen) atoms. The zero-order valence-electron chi connectivity index (χ0n) is 12.7. The minimum Gasteiger partial charge on any atom is -0.325 e. The number of unbranched alkanes of at least 4 members (excludes halogenated alkanes) is 11. The number of alkyl halides is 2. The molecule has 0 atom stereocenters. The molecule has 3 heteroatoms. The summed E-state index contributed by atoms with van der Waals surface area (Å²) >= 11 is 0. The van der Waals surface area contributed by atoms with E-state index in [-0.39, 0.29) is 6.42 Å². The second-order valence-corrected chi connectivity index (χ2v) is 5.70. The van der Waals surface area contributed by atoms with Crippen LogP contribution in [0.1, 0.15) is 90.4 Å². The fourth-order valence-electron chi connectivity index (χ4n) is 2.33. The Hall–Kier alpha value is -0.180. The fourth-order valence-corrected chi connectivity index (χ4v) is 2.33. The van der Waals surface area contributed by atoms with Crippen LogP contribution in [0.25, 0.3) is 0 Å². The molecule has 0 aromatic heterocycles. The van der Waals surface area contributed by atoms with Crippen LogP contribution >= 0.6 is 0 Å². The molecule has 2 N–H and O–H groups in total. The molecule has 0 spiro atoms. The third-order valence-electron chi connectivity index (χ3n) is 3.69. The van der Waals surface area contributed by atoms with Crippen molar-refractivity contribution in [3.05, 3.63) is 0 Å². The van der Waals surface area contributed by atoms with Gasteiger partial charge < -0.3 is 5.73 Å². The van der Waals surface area contributed by atoms with E-state index in [1.54, 1.807) is 0 Å². The smallest absolute Gasteiger partial charge is 0.260 e. The van der Waals surface area contributed by atoms with Crippen LogP contribution in [0.2, 0.25) is 0 Å². The van der Waals surface area contributed by atoms with Crippen LogP contribution in [0.4, 0.5) is 8.78 Å². The standard InChI is InChI=1S/C16H33F2N/c1-2-3-4-5-6-7-8-9-10-11-12-13-14-16(17,18)15-19/h2-15,19H2,1H3. The summed E-state index contributed by atoms with van der Waals surface area (Å²) in [7, 11) is 0. The van der Waals surface area contributed by atoms with E-state index in [0.717, 1.165) is 12.8 Å². The lowest BCUT2D eigenvalue weighted by Gasteiger charge is -2.12. The largest absolute Gasteiger partial charge is 0.325 e. The fraction of sp³-hybridized carbons (Fsp3) is 1.00. The molecule has 0 bridgehead atoms. The van der Waals surface area contributed by atoms with E-state index in [1.807, 2.05) is 0 Å². The molecule has 116 valence electrons. The van der Waals surface area contributed by atoms with Crippen LogP contribution < -0.4 is 5.73 Å². The predicted molar refractivity (Wildman–Crippen MR) is 79.7 cm³/mol. The summed E-state index contributed by atoms with van der Waals surface area (Å²) < 4.78 is 25.7. The first kappa shape index (κ1) is 18.8. The van der Waals surface area contributed by atoms with Crippen molar-refractivity contribution in [3.63, 3.8) is 0 Å². The van der Waals surface area contributed by atoms with Gasteiger partial charge in [0.2, 0.25) is 0 Å². The Morgan fingerprint density at radius 2 is 1.05 bits per heavy atom. The maximum Gasteiger partial charge on any atom is 0.260 e. The van der Waals surface area contributed by atoms with Crippen molar-refractivity contribution in [2.45, 2.75) is 96.3 Å². The molecule has 0 aliphatic rings. The van der Waals surface area contributed by atoms with Crippen molar-refractivity contribution in [1.29, 1.82) is 0 Å². The monoisotopic (exact) mass is 277 g/mol.